The maximum absolute atomic E-state index is 13.6. The van der Waals surface area contributed by atoms with Gasteiger partial charge in [0.15, 0.2) is 0 Å². The molecule has 5 heteroatoms. The quantitative estimate of drug-likeness (QED) is 0.836. The Hall–Kier alpha value is -0.970. The van der Waals surface area contributed by atoms with Crippen LogP contribution in [0.25, 0.3) is 10.6 Å². The summed E-state index contributed by atoms with van der Waals surface area (Å²) in [6, 6.07) is 4.57. The number of benzene rings is 1. The minimum absolute atomic E-state index is 0.356. The lowest BCUT2D eigenvalue weighted by atomic mass is 10.2. The molecular formula is C11H9ClFNOS. The van der Waals surface area contributed by atoms with Crippen LogP contribution < -0.4 is 0 Å². The molecule has 0 bridgehead atoms. The van der Waals surface area contributed by atoms with Crippen LogP contribution in [-0.2, 0) is 11.3 Å². The number of thiazole rings is 1. The maximum atomic E-state index is 13.6. The summed E-state index contributed by atoms with van der Waals surface area (Å²) in [7, 11) is 1.60. The topological polar surface area (TPSA) is 22.1 Å². The number of hydrogen-bond acceptors (Lipinski definition) is 3. The van der Waals surface area contributed by atoms with E-state index in [0.29, 0.717) is 22.2 Å². The Bertz CT molecular complexity index is 500. The van der Waals surface area contributed by atoms with E-state index in [2.05, 4.69) is 4.98 Å². The van der Waals surface area contributed by atoms with Crippen LogP contribution in [0.15, 0.2) is 23.6 Å². The highest BCUT2D eigenvalue weighted by molar-refractivity contribution is 7.13. The fourth-order valence-electron chi connectivity index (χ4n) is 1.31. The van der Waals surface area contributed by atoms with Crippen molar-refractivity contribution in [3.8, 4) is 10.6 Å². The highest BCUT2D eigenvalue weighted by Gasteiger charge is 2.09. The predicted octanol–water partition coefficient (Wildman–Crippen LogP) is 3.75. The average Bonchev–Trinajstić information content (AvgIpc) is 2.67. The third-order valence-corrected chi connectivity index (χ3v) is 3.16. The van der Waals surface area contributed by atoms with Gasteiger partial charge in [-0.3, -0.25) is 0 Å². The van der Waals surface area contributed by atoms with Gasteiger partial charge in [0.25, 0.3) is 0 Å². The minimum Gasteiger partial charge on any atom is -0.378 e. The normalized spacial score (nSPS) is 10.7. The van der Waals surface area contributed by atoms with Gasteiger partial charge in [-0.25, -0.2) is 9.37 Å². The van der Waals surface area contributed by atoms with Crippen LogP contribution in [0.4, 0.5) is 4.39 Å². The molecule has 0 aliphatic heterocycles. The highest BCUT2D eigenvalue weighted by atomic mass is 35.5. The molecule has 0 spiro atoms. The molecule has 0 radical (unpaired) electrons. The number of methoxy groups -OCH3 is 1. The summed E-state index contributed by atoms with van der Waals surface area (Å²) in [6.45, 7) is 0.436. The summed E-state index contributed by atoms with van der Waals surface area (Å²) in [6.07, 6.45) is 0. The van der Waals surface area contributed by atoms with Gasteiger partial charge >= 0.3 is 0 Å². The lowest BCUT2D eigenvalue weighted by molar-refractivity contribution is 0.182. The number of ether oxygens (including phenoxy) is 1. The van der Waals surface area contributed by atoms with Crippen molar-refractivity contribution in [3.63, 3.8) is 0 Å². The molecule has 2 aromatic rings. The standard InChI is InChI=1S/C11H9ClFNOS/c1-15-5-8-6-16-11(14-8)9-3-2-7(12)4-10(9)13/h2-4,6H,5H2,1H3. The van der Waals surface area contributed by atoms with Gasteiger partial charge < -0.3 is 4.74 Å². The zero-order valence-electron chi connectivity index (χ0n) is 8.54. The molecule has 2 rings (SSSR count). The molecule has 0 aliphatic rings. The molecule has 0 atom stereocenters. The first-order valence-electron chi connectivity index (χ1n) is 4.59. The van der Waals surface area contributed by atoms with Crippen LogP contribution in [0, 0.1) is 5.82 Å². The number of hydrogen-bond donors (Lipinski definition) is 0. The molecule has 1 aromatic heterocycles. The van der Waals surface area contributed by atoms with Gasteiger partial charge in [-0.15, -0.1) is 11.3 Å². The molecule has 0 N–H and O–H groups in total. The Labute approximate surface area is 102 Å². The van der Waals surface area contributed by atoms with E-state index in [-0.39, 0.29) is 5.82 Å². The van der Waals surface area contributed by atoms with Crippen LogP contribution in [0.3, 0.4) is 0 Å². The molecule has 0 saturated carbocycles. The first-order valence-corrected chi connectivity index (χ1v) is 5.85. The van der Waals surface area contributed by atoms with Gasteiger partial charge in [0.1, 0.15) is 10.8 Å². The molecular weight excluding hydrogens is 249 g/mol. The molecule has 0 fully saturated rings. The molecule has 0 saturated heterocycles. The van der Waals surface area contributed by atoms with Crippen molar-refractivity contribution < 1.29 is 9.13 Å². The molecule has 2 nitrogen and oxygen atoms in total. The molecule has 0 aliphatic carbocycles. The predicted molar refractivity (Wildman–Crippen MR) is 63.2 cm³/mol. The van der Waals surface area contributed by atoms with Crippen molar-refractivity contribution in [2.45, 2.75) is 6.61 Å². The molecule has 1 heterocycles. The van der Waals surface area contributed by atoms with E-state index in [0.717, 1.165) is 5.69 Å². The van der Waals surface area contributed by atoms with Gasteiger partial charge in [-0.2, -0.15) is 0 Å². The monoisotopic (exact) mass is 257 g/mol. The smallest absolute Gasteiger partial charge is 0.134 e. The van der Waals surface area contributed by atoms with Crippen molar-refractivity contribution in [2.24, 2.45) is 0 Å². The first-order chi connectivity index (χ1) is 7.70. The van der Waals surface area contributed by atoms with E-state index in [1.165, 1.54) is 17.4 Å². The van der Waals surface area contributed by atoms with Gasteiger partial charge in [-0.1, -0.05) is 11.6 Å². The summed E-state index contributed by atoms with van der Waals surface area (Å²) in [5.41, 5.74) is 1.27. The molecule has 84 valence electrons. The van der Waals surface area contributed by atoms with Crippen LogP contribution >= 0.6 is 22.9 Å². The Morgan fingerprint density at radius 3 is 3.00 bits per heavy atom. The van der Waals surface area contributed by atoms with Crippen LogP contribution in [0.1, 0.15) is 5.69 Å². The summed E-state index contributed by atoms with van der Waals surface area (Å²) >= 11 is 7.07. The van der Waals surface area contributed by atoms with E-state index in [1.54, 1.807) is 19.2 Å². The van der Waals surface area contributed by atoms with Crippen molar-refractivity contribution >= 4 is 22.9 Å². The van der Waals surface area contributed by atoms with Gasteiger partial charge in [0.2, 0.25) is 0 Å². The number of rotatable bonds is 3. The average molecular weight is 258 g/mol. The van der Waals surface area contributed by atoms with Crippen molar-refractivity contribution in [1.82, 2.24) is 4.98 Å². The lowest BCUT2D eigenvalue weighted by Crippen LogP contribution is -1.88. The number of aromatic nitrogens is 1. The van der Waals surface area contributed by atoms with Crippen LogP contribution in [0.5, 0.6) is 0 Å². The number of halogens is 2. The molecule has 1 aromatic carbocycles. The number of nitrogens with zero attached hydrogens (tertiary/aromatic N) is 1. The Morgan fingerprint density at radius 2 is 2.31 bits per heavy atom. The van der Waals surface area contributed by atoms with Crippen LogP contribution in [-0.4, -0.2) is 12.1 Å². The van der Waals surface area contributed by atoms with E-state index >= 15 is 0 Å². The summed E-state index contributed by atoms with van der Waals surface area (Å²) in [4.78, 5) is 4.27. The van der Waals surface area contributed by atoms with Gasteiger partial charge in [0.05, 0.1) is 12.3 Å². The summed E-state index contributed by atoms with van der Waals surface area (Å²) < 4.78 is 18.5. The second-order valence-corrected chi connectivity index (χ2v) is 4.50. The molecule has 16 heavy (non-hydrogen) atoms. The third kappa shape index (κ3) is 2.40. The molecule has 0 unspecified atom stereocenters. The summed E-state index contributed by atoms with van der Waals surface area (Å²) in [5.74, 6) is -0.356. The van der Waals surface area contributed by atoms with Gasteiger partial charge in [0, 0.05) is 23.1 Å². The zero-order valence-corrected chi connectivity index (χ0v) is 10.1. The largest absolute Gasteiger partial charge is 0.378 e. The Balaban J connectivity index is 2.35. The van der Waals surface area contributed by atoms with E-state index in [4.69, 9.17) is 16.3 Å². The maximum Gasteiger partial charge on any atom is 0.134 e. The van der Waals surface area contributed by atoms with Crippen LogP contribution in [0.2, 0.25) is 5.02 Å². The Morgan fingerprint density at radius 1 is 1.50 bits per heavy atom. The fourth-order valence-corrected chi connectivity index (χ4v) is 2.30. The second kappa shape index (κ2) is 4.91. The molecule has 0 amide bonds. The Kier molecular flexibility index (Phi) is 3.53. The van der Waals surface area contributed by atoms with E-state index in [1.807, 2.05) is 5.38 Å². The second-order valence-electron chi connectivity index (χ2n) is 3.20. The third-order valence-electron chi connectivity index (χ3n) is 2.01. The van der Waals surface area contributed by atoms with E-state index in [9.17, 15) is 4.39 Å². The zero-order chi connectivity index (χ0) is 11.5. The summed E-state index contributed by atoms with van der Waals surface area (Å²) in [5, 5.41) is 2.88. The highest BCUT2D eigenvalue weighted by Crippen LogP contribution is 2.28. The lowest BCUT2D eigenvalue weighted by Gasteiger charge is -1.99. The van der Waals surface area contributed by atoms with Crippen molar-refractivity contribution in [2.75, 3.05) is 7.11 Å². The van der Waals surface area contributed by atoms with Gasteiger partial charge in [-0.05, 0) is 18.2 Å². The first kappa shape index (κ1) is 11.5. The SMILES string of the molecule is COCc1csc(-c2ccc(Cl)cc2F)n1. The van der Waals surface area contributed by atoms with Crippen molar-refractivity contribution in [3.05, 3.63) is 40.1 Å². The van der Waals surface area contributed by atoms with Crippen molar-refractivity contribution in [1.29, 1.82) is 0 Å². The fraction of sp³-hybridized carbons (Fsp3) is 0.182. The minimum atomic E-state index is -0.356. The van der Waals surface area contributed by atoms with E-state index < -0.39 is 0 Å².